The highest BCUT2D eigenvalue weighted by molar-refractivity contribution is 6.04. The van der Waals surface area contributed by atoms with E-state index in [1.54, 1.807) is 28.9 Å². The normalized spacial score (nSPS) is 16.2. The number of aromatic nitrogens is 3. The maximum absolute atomic E-state index is 13.0. The van der Waals surface area contributed by atoms with Gasteiger partial charge in [0.2, 0.25) is 0 Å². The Morgan fingerprint density at radius 3 is 2.09 bits per heavy atom. The van der Waals surface area contributed by atoms with Crippen LogP contribution in [0.3, 0.4) is 0 Å². The number of carbonyl (C=O) groups excluding carboxylic acids is 2. The van der Waals surface area contributed by atoms with Gasteiger partial charge in [0.25, 0.3) is 5.91 Å². The molecule has 1 saturated heterocycles. The van der Waals surface area contributed by atoms with Gasteiger partial charge in [-0.2, -0.15) is 0 Å². The van der Waals surface area contributed by atoms with Gasteiger partial charge in [-0.3, -0.25) is 4.79 Å². The summed E-state index contributed by atoms with van der Waals surface area (Å²) < 4.78 is 1.77. The second-order valence-corrected chi connectivity index (χ2v) is 8.71. The molecule has 1 saturated carbocycles. The van der Waals surface area contributed by atoms with Crippen molar-refractivity contribution in [2.24, 2.45) is 0 Å². The summed E-state index contributed by atoms with van der Waals surface area (Å²) in [5.41, 5.74) is 3.47. The Morgan fingerprint density at radius 2 is 1.45 bits per heavy atom. The molecule has 3 aromatic rings. The maximum Gasteiger partial charge on any atom is 0.321 e. The van der Waals surface area contributed by atoms with Crippen LogP contribution in [0.4, 0.5) is 16.2 Å². The Hall–Kier alpha value is -3.68. The topological polar surface area (TPSA) is 92.2 Å². The molecular formula is C25H28N6O2. The highest BCUT2D eigenvalue weighted by Crippen LogP contribution is 2.42. The van der Waals surface area contributed by atoms with E-state index in [2.05, 4.69) is 20.9 Å². The first-order valence-electron chi connectivity index (χ1n) is 11.7. The van der Waals surface area contributed by atoms with Crippen molar-refractivity contribution in [2.75, 3.05) is 23.7 Å². The lowest BCUT2D eigenvalue weighted by Gasteiger charge is -2.20. The van der Waals surface area contributed by atoms with Crippen molar-refractivity contribution in [1.82, 2.24) is 19.9 Å². The van der Waals surface area contributed by atoms with E-state index in [4.69, 9.17) is 0 Å². The van der Waals surface area contributed by atoms with Crippen LogP contribution in [0, 0.1) is 0 Å². The number of nitrogens with one attached hydrogen (secondary N) is 2. The molecule has 1 aromatic heterocycles. The molecule has 170 valence electrons. The Labute approximate surface area is 193 Å². The molecule has 0 spiro atoms. The van der Waals surface area contributed by atoms with Crippen molar-refractivity contribution in [3.8, 4) is 5.69 Å². The lowest BCUT2D eigenvalue weighted by Crippen LogP contribution is -2.35. The average Bonchev–Trinajstić information content (AvgIpc) is 3.64. The summed E-state index contributed by atoms with van der Waals surface area (Å²) in [6.45, 7) is 1.60. The smallest absolute Gasteiger partial charge is 0.321 e. The van der Waals surface area contributed by atoms with E-state index in [0.29, 0.717) is 23.0 Å². The number of rotatable bonds is 5. The van der Waals surface area contributed by atoms with Crippen molar-refractivity contribution >= 4 is 23.3 Å². The SMILES string of the molecule is O=C(Nc1ccc(NC(=O)N2CCCCCC2)cc1)c1nnn(-c2ccccc2)c1C1CC1. The number of carbonyl (C=O) groups is 2. The predicted molar refractivity (Wildman–Crippen MR) is 127 cm³/mol. The molecule has 0 radical (unpaired) electrons. The second-order valence-electron chi connectivity index (χ2n) is 8.71. The molecule has 0 bridgehead atoms. The first-order chi connectivity index (χ1) is 16.2. The molecule has 2 aliphatic rings. The van der Waals surface area contributed by atoms with Gasteiger partial charge in [0.15, 0.2) is 5.69 Å². The molecule has 0 unspecified atom stereocenters. The fourth-order valence-electron chi connectivity index (χ4n) is 4.24. The number of urea groups is 1. The fraction of sp³-hybridized carbons (Fsp3) is 0.360. The zero-order chi connectivity index (χ0) is 22.6. The van der Waals surface area contributed by atoms with Gasteiger partial charge in [0, 0.05) is 30.4 Å². The molecule has 8 nitrogen and oxygen atoms in total. The summed E-state index contributed by atoms with van der Waals surface area (Å²) in [5.74, 6) is 0.0259. The average molecular weight is 445 g/mol. The van der Waals surface area contributed by atoms with E-state index >= 15 is 0 Å². The molecule has 1 aliphatic carbocycles. The van der Waals surface area contributed by atoms with Crippen LogP contribution < -0.4 is 10.6 Å². The molecule has 2 aromatic carbocycles. The zero-order valence-electron chi connectivity index (χ0n) is 18.5. The van der Waals surface area contributed by atoms with E-state index in [-0.39, 0.29) is 11.9 Å². The van der Waals surface area contributed by atoms with E-state index < -0.39 is 0 Å². The molecule has 3 amide bonds. The van der Waals surface area contributed by atoms with Crippen molar-refractivity contribution < 1.29 is 9.59 Å². The predicted octanol–water partition coefficient (Wildman–Crippen LogP) is 4.80. The Kier molecular flexibility index (Phi) is 6.06. The minimum atomic E-state index is -0.277. The van der Waals surface area contributed by atoms with Gasteiger partial charge < -0.3 is 15.5 Å². The number of nitrogens with zero attached hydrogens (tertiary/aromatic N) is 4. The number of likely N-dealkylation sites (tertiary alicyclic amines) is 1. The number of para-hydroxylation sites is 1. The van der Waals surface area contributed by atoms with Crippen LogP contribution in [0.2, 0.25) is 0 Å². The molecule has 5 rings (SSSR count). The quantitative estimate of drug-likeness (QED) is 0.591. The third-order valence-electron chi connectivity index (χ3n) is 6.17. The summed E-state index contributed by atoms with van der Waals surface area (Å²) in [6.07, 6.45) is 6.53. The van der Waals surface area contributed by atoms with Crippen LogP contribution in [0.5, 0.6) is 0 Å². The molecule has 0 atom stereocenters. The van der Waals surface area contributed by atoms with E-state index in [9.17, 15) is 9.59 Å². The summed E-state index contributed by atoms with van der Waals surface area (Å²) in [4.78, 5) is 27.4. The number of amides is 3. The first kappa shape index (κ1) is 21.2. The van der Waals surface area contributed by atoms with Crippen LogP contribution in [0.15, 0.2) is 54.6 Å². The van der Waals surface area contributed by atoms with Crippen molar-refractivity contribution in [3.05, 3.63) is 66.0 Å². The number of anilines is 2. The number of hydrogen-bond donors (Lipinski definition) is 2. The van der Waals surface area contributed by atoms with Gasteiger partial charge in [-0.1, -0.05) is 36.3 Å². The molecule has 2 N–H and O–H groups in total. The van der Waals surface area contributed by atoms with E-state index in [1.165, 1.54) is 12.8 Å². The highest BCUT2D eigenvalue weighted by Gasteiger charge is 2.34. The summed E-state index contributed by atoms with van der Waals surface area (Å²) >= 11 is 0. The van der Waals surface area contributed by atoms with Gasteiger partial charge in [-0.05, 0) is 62.1 Å². The maximum atomic E-state index is 13.0. The van der Waals surface area contributed by atoms with Crippen molar-refractivity contribution in [3.63, 3.8) is 0 Å². The summed E-state index contributed by atoms with van der Waals surface area (Å²) in [5, 5.41) is 14.3. The number of benzene rings is 2. The van der Waals surface area contributed by atoms with Gasteiger partial charge in [0.1, 0.15) is 0 Å². The minimum Gasteiger partial charge on any atom is -0.325 e. The van der Waals surface area contributed by atoms with Crippen LogP contribution in [-0.2, 0) is 0 Å². The summed E-state index contributed by atoms with van der Waals surface area (Å²) in [6, 6.07) is 16.9. The largest absolute Gasteiger partial charge is 0.325 e. The summed E-state index contributed by atoms with van der Waals surface area (Å²) in [7, 11) is 0. The third kappa shape index (κ3) is 4.89. The van der Waals surface area contributed by atoms with Gasteiger partial charge in [0.05, 0.1) is 11.4 Å². The zero-order valence-corrected chi connectivity index (χ0v) is 18.5. The molecule has 33 heavy (non-hydrogen) atoms. The standard InChI is InChI=1S/C25H28N6O2/c32-24(22-23(18-10-11-18)31(29-28-22)21-8-4-3-5-9-21)26-19-12-14-20(15-13-19)27-25(33)30-16-6-1-2-7-17-30/h3-5,8-9,12-15,18H,1-2,6-7,10-11,16-17H2,(H,26,32)(H,27,33). The minimum absolute atomic E-state index is 0.0692. The fourth-order valence-corrected chi connectivity index (χ4v) is 4.24. The molecule has 8 heteroatoms. The third-order valence-corrected chi connectivity index (χ3v) is 6.17. The lowest BCUT2D eigenvalue weighted by atomic mass is 10.2. The van der Waals surface area contributed by atoms with E-state index in [0.717, 1.165) is 50.2 Å². The lowest BCUT2D eigenvalue weighted by molar-refractivity contribution is 0.102. The van der Waals surface area contributed by atoms with Gasteiger partial charge in [-0.25, -0.2) is 9.48 Å². The Balaban J connectivity index is 1.26. The first-order valence-corrected chi connectivity index (χ1v) is 11.7. The Bertz CT molecular complexity index is 1110. The van der Waals surface area contributed by atoms with Crippen LogP contribution in [0.1, 0.15) is 60.6 Å². The van der Waals surface area contributed by atoms with Gasteiger partial charge >= 0.3 is 6.03 Å². The monoisotopic (exact) mass is 444 g/mol. The second kappa shape index (κ2) is 9.44. The Morgan fingerprint density at radius 1 is 0.818 bits per heavy atom. The van der Waals surface area contributed by atoms with Crippen LogP contribution in [0.25, 0.3) is 5.69 Å². The van der Waals surface area contributed by atoms with Crippen molar-refractivity contribution in [1.29, 1.82) is 0 Å². The molecular weight excluding hydrogens is 416 g/mol. The van der Waals surface area contributed by atoms with Crippen LogP contribution in [-0.4, -0.2) is 44.9 Å². The van der Waals surface area contributed by atoms with Crippen LogP contribution >= 0.6 is 0 Å². The molecule has 2 heterocycles. The highest BCUT2D eigenvalue weighted by atomic mass is 16.2. The van der Waals surface area contributed by atoms with Gasteiger partial charge in [-0.15, -0.1) is 5.10 Å². The van der Waals surface area contributed by atoms with Crippen molar-refractivity contribution in [2.45, 2.75) is 44.4 Å². The van der Waals surface area contributed by atoms with E-state index in [1.807, 2.05) is 35.2 Å². The molecule has 1 aliphatic heterocycles. The number of hydrogen-bond acceptors (Lipinski definition) is 4. The molecule has 2 fully saturated rings.